The number of carbonyl (C=O) groups excluding carboxylic acids is 1. The van der Waals surface area contributed by atoms with E-state index in [1.165, 1.54) is 12.5 Å². The van der Waals surface area contributed by atoms with Crippen molar-refractivity contribution in [2.24, 2.45) is 0 Å². The van der Waals surface area contributed by atoms with Crippen molar-refractivity contribution in [3.8, 4) is 12.1 Å². The van der Waals surface area contributed by atoms with E-state index in [1.807, 2.05) is 38.1 Å². The molecule has 0 N–H and O–H groups in total. The zero-order valence-corrected chi connectivity index (χ0v) is 15.7. The fraction of sp³-hybridized carbons (Fsp3) is 0.261. The number of rotatable bonds is 2. The molecule has 4 bridgehead atoms. The van der Waals surface area contributed by atoms with Crippen molar-refractivity contribution in [1.82, 2.24) is 0 Å². The molecule has 27 heavy (non-hydrogen) atoms. The van der Waals surface area contributed by atoms with Crippen LogP contribution in [0, 0.1) is 36.5 Å². The van der Waals surface area contributed by atoms with Crippen molar-refractivity contribution in [3.05, 3.63) is 69.3 Å². The third-order valence-corrected chi connectivity index (χ3v) is 5.14. The van der Waals surface area contributed by atoms with Gasteiger partial charge in [0.05, 0.1) is 11.1 Å². The number of ether oxygens (including phenoxy) is 1. The first-order valence-corrected chi connectivity index (χ1v) is 8.85. The maximum atomic E-state index is 11.2. The van der Waals surface area contributed by atoms with E-state index in [4.69, 9.17) is 4.74 Å². The Bertz CT molecular complexity index is 1050. The molecule has 0 heterocycles. The van der Waals surface area contributed by atoms with Gasteiger partial charge in [0.15, 0.2) is 0 Å². The Kier molecular flexibility index (Phi) is 5.10. The molecule has 3 rings (SSSR count). The van der Waals surface area contributed by atoms with Gasteiger partial charge in [-0.3, -0.25) is 4.79 Å². The smallest absolute Gasteiger partial charge is 0.302 e. The number of fused-ring (bicyclic) bond motifs is 4. The van der Waals surface area contributed by atoms with Crippen LogP contribution in [0.4, 0.5) is 0 Å². The maximum Gasteiger partial charge on any atom is 0.302 e. The second kappa shape index (κ2) is 7.48. The number of esters is 1. The average Bonchev–Trinajstić information content (AvgIpc) is 2.65. The summed E-state index contributed by atoms with van der Waals surface area (Å²) in [5, 5.41) is 19.8. The number of hydrogen-bond donors (Lipinski definition) is 0. The van der Waals surface area contributed by atoms with Gasteiger partial charge < -0.3 is 4.74 Å². The van der Waals surface area contributed by atoms with Gasteiger partial charge in [0, 0.05) is 6.92 Å². The molecule has 4 nitrogen and oxygen atoms in total. The summed E-state index contributed by atoms with van der Waals surface area (Å²) in [5.41, 5.74) is 7.43. The zero-order valence-electron chi connectivity index (χ0n) is 15.7. The number of benzene rings is 2. The molecule has 134 valence electrons. The highest BCUT2D eigenvalue weighted by Crippen LogP contribution is 2.34. The van der Waals surface area contributed by atoms with Crippen LogP contribution >= 0.6 is 0 Å². The van der Waals surface area contributed by atoms with Crippen molar-refractivity contribution in [2.75, 3.05) is 0 Å². The lowest BCUT2D eigenvalue weighted by Crippen LogP contribution is -2.07. The largest absolute Gasteiger partial charge is 0.461 e. The van der Waals surface area contributed by atoms with E-state index in [9.17, 15) is 15.3 Å². The first-order chi connectivity index (χ1) is 13.0. The SMILES string of the molecule is CC(=O)OCc1cc2c(C)c(c1)/C(C#N)=C(/C#N)c1cccc(c1C)CC2. The van der Waals surface area contributed by atoms with Crippen molar-refractivity contribution in [3.63, 3.8) is 0 Å². The van der Waals surface area contributed by atoms with E-state index in [0.717, 1.165) is 46.2 Å². The quantitative estimate of drug-likeness (QED) is 0.747. The second-order valence-electron chi connectivity index (χ2n) is 6.77. The highest BCUT2D eigenvalue weighted by molar-refractivity contribution is 6.04. The van der Waals surface area contributed by atoms with Crippen LogP contribution in [0.1, 0.15) is 45.9 Å². The molecular weight excluding hydrogens is 336 g/mol. The lowest BCUT2D eigenvalue weighted by Gasteiger charge is -2.19. The van der Waals surface area contributed by atoms with Crippen LogP contribution in [-0.2, 0) is 29.0 Å². The number of allylic oxidation sites excluding steroid dienone is 2. The minimum atomic E-state index is -0.348. The summed E-state index contributed by atoms with van der Waals surface area (Å²) in [5.74, 6) is -0.348. The molecule has 0 aromatic heterocycles. The Morgan fingerprint density at radius 3 is 2.30 bits per heavy atom. The van der Waals surface area contributed by atoms with E-state index in [-0.39, 0.29) is 12.6 Å². The molecule has 0 saturated carbocycles. The van der Waals surface area contributed by atoms with Gasteiger partial charge in [0.1, 0.15) is 18.7 Å². The molecule has 0 spiro atoms. The molecule has 0 amide bonds. The van der Waals surface area contributed by atoms with Gasteiger partial charge in [-0.2, -0.15) is 10.5 Å². The molecule has 0 atom stereocenters. The predicted molar refractivity (Wildman–Crippen MR) is 103 cm³/mol. The molecular formula is C23H20N2O2. The first-order valence-electron chi connectivity index (χ1n) is 8.85. The van der Waals surface area contributed by atoms with Gasteiger partial charge in [0.25, 0.3) is 0 Å². The number of nitriles is 2. The molecule has 0 saturated heterocycles. The fourth-order valence-corrected chi connectivity index (χ4v) is 3.62. The Hall–Kier alpha value is -3.37. The number of hydrogen-bond acceptors (Lipinski definition) is 4. The van der Waals surface area contributed by atoms with Gasteiger partial charge in [-0.1, -0.05) is 24.3 Å². The fourth-order valence-electron chi connectivity index (χ4n) is 3.62. The van der Waals surface area contributed by atoms with Gasteiger partial charge in [-0.05, 0) is 71.7 Å². The van der Waals surface area contributed by atoms with Gasteiger partial charge in [-0.25, -0.2) is 0 Å². The minimum absolute atomic E-state index is 0.153. The third kappa shape index (κ3) is 3.48. The summed E-state index contributed by atoms with van der Waals surface area (Å²) >= 11 is 0. The van der Waals surface area contributed by atoms with E-state index in [0.29, 0.717) is 11.1 Å². The molecule has 4 heteroatoms. The highest BCUT2D eigenvalue weighted by Gasteiger charge is 2.20. The summed E-state index contributed by atoms with van der Waals surface area (Å²) in [6.07, 6.45) is 1.66. The topological polar surface area (TPSA) is 73.9 Å². The van der Waals surface area contributed by atoms with E-state index >= 15 is 0 Å². The molecule has 0 unspecified atom stereocenters. The standard InChI is InChI=1S/C23H20N2O2/c1-14-18-5-4-6-20(14)22(11-24)23(12-25)21-10-17(13-27-16(3)26)9-19(8-7-18)15(21)2/h4-6,9-10H,7-8,13H2,1-3H3/b23-22-. The van der Waals surface area contributed by atoms with Crippen molar-refractivity contribution in [1.29, 1.82) is 10.5 Å². The van der Waals surface area contributed by atoms with E-state index in [2.05, 4.69) is 18.2 Å². The van der Waals surface area contributed by atoms with Crippen LogP contribution < -0.4 is 0 Å². The molecule has 2 aromatic carbocycles. The number of carbonyl (C=O) groups is 1. The summed E-state index contributed by atoms with van der Waals surface area (Å²) in [4.78, 5) is 11.2. The molecule has 1 aliphatic carbocycles. The van der Waals surface area contributed by atoms with Crippen LogP contribution in [0.2, 0.25) is 0 Å². The lowest BCUT2D eigenvalue weighted by atomic mass is 9.84. The monoisotopic (exact) mass is 356 g/mol. The van der Waals surface area contributed by atoms with E-state index in [1.54, 1.807) is 0 Å². The normalized spacial score (nSPS) is 15.4. The van der Waals surface area contributed by atoms with Crippen LogP contribution in [0.5, 0.6) is 0 Å². The summed E-state index contributed by atoms with van der Waals surface area (Å²) in [7, 11) is 0. The molecule has 0 radical (unpaired) electrons. The van der Waals surface area contributed by atoms with Gasteiger partial charge >= 0.3 is 5.97 Å². The molecule has 0 aliphatic heterocycles. The van der Waals surface area contributed by atoms with Gasteiger partial charge in [-0.15, -0.1) is 0 Å². The average molecular weight is 356 g/mol. The minimum Gasteiger partial charge on any atom is -0.461 e. The summed E-state index contributed by atoms with van der Waals surface area (Å²) < 4.78 is 5.15. The van der Waals surface area contributed by atoms with E-state index < -0.39 is 0 Å². The first kappa shape index (κ1) is 18.4. The number of nitrogens with zero attached hydrogens (tertiary/aromatic N) is 2. The van der Waals surface area contributed by atoms with Crippen molar-refractivity contribution < 1.29 is 9.53 Å². The predicted octanol–water partition coefficient (Wildman–Crippen LogP) is 4.42. The van der Waals surface area contributed by atoms with Crippen LogP contribution in [0.25, 0.3) is 11.1 Å². The molecule has 2 aromatic rings. The summed E-state index contributed by atoms with van der Waals surface area (Å²) in [6, 6.07) is 14.3. The Morgan fingerprint density at radius 2 is 1.63 bits per heavy atom. The van der Waals surface area contributed by atoms with Crippen LogP contribution in [0.3, 0.4) is 0 Å². The zero-order chi connectivity index (χ0) is 19.6. The highest BCUT2D eigenvalue weighted by atomic mass is 16.5. The van der Waals surface area contributed by atoms with Crippen LogP contribution in [0.15, 0.2) is 30.3 Å². The molecule has 0 fully saturated rings. The molecule has 1 aliphatic rings. The third-order valence-electron chi connectivity index (χ3n) is 5.14. The van der Waals surface area contributed by atoms with Crippen LogP contribution in [-0.4, -0.2) is 5.97 Å². The Balaban J connectivity index is 2.32. The van der Waals surface area contributed by atoms with Crippen molar-refractivity contribution >= 4 is 17.1 Å². The van der Waals surface area contributed by atoms with Gasteiger partial charge in [0.2, 0.25) is 0 Å². The summed E-state index contributed by atoms with van der Waals surface area (Å²) in [6.45, 7) is 5.51. The Labute approximate surface area is 159 Å². The second-order valence-corrected chi connectivity index (χ2v) is 6.77. The lowest BCUT2D eigenvalue weighted by molar-refractivity contribution is -0.142. The number of aryl methyl sites for hydroxylation is 2. The van der Waals surface area contributed by atoms with Crippen molar-refractivity contribution in [2.45, 2.75) is 40.2 Å². The Morgan fingerprint density at radius 1 is 1.00 bits per heavy atom. The maximum absolute atomic E-state index is 11.2.